The number of carbonyl (C=O) groups excluding carboxylic acids is 1. The van der Waals surface area contributed by atoms with E-state index in [2.05, 4.69) is 14.7 Å². The van der Waals surface area contributed by atoms with Crippen LogP contribution in [0.3, 0.4) is 0 Å². The number of nitrogens with zero attached hydrogens (tertiary/aromatic N) is 1. The van der Waals surface area contributed by atoms with Crippen LogP contribution in [0.2, 0.25) is 0 Å². The molecule has 0 spiro atoms. The van der Waals surface area contributed by atoms with Crippen LogP contribution in [0.1, 0.15) is 26.2 Å². The Morgan fingerprint density at radius 3 is 2.61 bits per heavy atom. The van der Waals surface area contributed by atoms with Crippen molar-refractivity contribution in [1.29, 1.82) is 0 Å². The second-order valence-electron chi connectivity index (χ2n) is 5.42. The molecule has 2 rings (SSSR count). The maximum absolute atomic E-state index is 12.5. The van der Waals surface area contributed by atoms with Crippen molar-refractivity contribution in [1.82, 2.24) is 4.98 Å². The first-order chi connectivity index (χ1) is 10.2. The molecule has 0 aliphatic heterocycles. The molecule has 128 valence electrons. The first kappa shape index (κ1) is 19.2. The van der Waals surface area contributed by atoms with Gasteiger partial charge in [-0.1, -0.05) is 13.8 Å². The first-order valence-electron chi connectivity index (χ1n) is 6.71. The predicted octanol–water partition coefficient (Wildman–Crippen LogP) is 3.58. The molecule has 23 heavy (non-hydrogen) atoms. The molecular formula is C14H17ClF3N3O2. The van der Waals surface area contributed by atoms with Gasteiger partial charge < -0.3 is 15.5 Å². The van der Waals surface area contributed by atoms with Gasteiger partial charge in [0.05, 0.1) is 6.04 Å². The van der Waals surface area contributed by atoms with Crippen LogP contribution in [0.4, 0.5) is 18.9 Å². The van der Waals surface area contributed by atoms with Crippen molar-refractivity contribution in [2.75, 3.05) is 5.32 Å². The fourth-order valence-corrected chi connectivity index (χ4v) is 1.98. The number of amides is 1. The Balaban J connectivity index is 0.00000264. The molecule has 0 saturated carbocycles. The quantitative estimate of drug-likeness (QED) is 0.882. The van der Waals surface area contributed by atoms with Gasteiger partial charge in [0.2, 0.25) is 5.91 Å². The number of hydrogen-bond donors (Lipinski definition) is 2. The van der Waals surface area contributed by atoms with Crippen molar-refractivity contribution >= 4 is 35.1 Å². The van der Waals surface area contributed by atoms with E-state index in [-0.39, 0.29) is 29.4 Å². The van der Waals surface area contributed by atoms with Gasteiger partial charge in [-0.25, -0.2) is 4.98 Å². The molecular weight excluding hydrogens is 335 g/mol. The third-order valence-electron chi connectivity index (χ3n) is 2.96. The molecule has 1 aromatic heterocycles. The molecule has 1 aromatic carbocycles. The Morgan fingerprint density at radius 1 is 1.39 bits per heavy atom. The van der Waals surface area contributed by atoms with Crippen molar-refractivity contribution in [2.45, 2.75) is 32.5 Å². The monoisotopic (exact) mass is 351 g/mol. The van der Waals surface area contributed by atoms with Crippen molar-refractivity contribution in [3.8, 4) is 0 Å². The van der Waals surface area contributed by atoms with E-state index >= 15 is 0 Å². The highest BCUT2D eigenvalue weighted by molar-refractivity contribution is 5.96. The van der Waals surface area contributed by atoms with Gasteiger partial charge in [-0.3, -0.25) is 4.79 Å². The zero-order chi connectivity index (χ0) is 16.5. The van der Waals surface area contributed by atoms with Crippen LogP contribution in [-0.4, -0.2) is 16.9 Å². The molecule has 3 N–H and O–H groups in total. The van der Waals surface area contributed by atoms with Gasteiger partial charge in [0.15, 0.2) is 5.58 Å². The summed E-state index contributed by atoms with van der Waals surface area (Å²) in [5, 5.41) is 2.56. The van der Waals surface area contributed by atoms with Crippen LogP contribution >= 0.6 is 12.4 Å². The minimum Gasteiger partial charge on any atom is -0.433 e. The largest absolute Gasteiger partial charge is 0.468 e. The summed E-state index contributed by atoms with van der Waals surface area (Å²) in [6, 6.07) is 3.39. The third kappa shape index (κ3) is 4.84. The lowest BCUT2D eigenvalue weighted by Gasteiger charge is -2.14. The van der Waals surface area contributed by atoms with Crippen molar-refractivity contribution in [3.05, 3.63) is 24.1 Å². The normalized spacial score (nSPS) is 13.0. The van der Waals surface area contributed by atoms with Crippen molar-refractivity contribution < 1.29 is 22.4 Å². The van der Waals surface area contributed by atoms with E-state index in [9.17, 15) is 18.0 Å². The summed E-state index contributed by atoms with van der Waals surface area (Å²) in [7, 11) is 0. The number of carbonyl (C=O) groups is 1. The molecule has 0 unspecified atom stereocenters. The van der Waals surface area contributed by atoms with E-state index in [4.69, 9.17) is 5.73 Å². The van der Waals surface area contributed by atoms with E-state index in [0.717, 1.165) is 0 Å². The van der Waals surface area contributed by atoms with E-state index in [1.54, 1.807) is 0 Å². The van der Waals surface area contributed by atoms with Gasteiger partial charge in [0.25, 0.3) is 0 Å². The molecule has 0 aliphatic carbocycles. The Morgan fingerprint density at radius 2 is 2.04 bits per heavy atom. The summed E-state index contributed by atoms with van der Waals surface area (Å²) in [5.74, 6) is -1.46. The highest BCUT2D eigenvalue weighted by atomic mass is 35.5. The molecule has 0 fully saturated rings. The minimum atomic E-state index is -4.65. The lowest BCUT2D eigenvalue weighted by molar-refractivity contribution is -0.156. The van der Waals surface area contributed by atoms with Crippen LogP contribution in [-0.2, 0) is 11.0 Å². The zero-order valence-electron chi connectivity index (χ0n) is 12.5. The van der Waals surface area contributed by atoms with Crippen molar-refractivity contribution in [3.63, 3.8) is 0 Å². The van der Waals surface area contributed by atoms with Crippen molar-refractivity contribution in [2.24, 2.45) is 11.7 Å². The summed E-state index contributed by atoms with van der Waals surface area (Å²) >= 11 is 0. The van der Waals surface area contributed by atoms with Gasteiger partial charge in [0, 0.05) is 5.69 Å². The number of aromatic nitrogens is 1. The number of nitrogens with two attached hydrogens (primary N) is 1. The zero-order valence-corrected chi connectivity index (χ0v) is 13.3. The molecule has 9 heteroatoms. The van der Waals surface area contributed by atoms with Crippen LogP contribution in [0.25, 0.3) is 11.1 Å². The molecule has 0 bridgehead atoms. The van der Waals surface area contributed by atoms with Gasteiger partial charge in [-0.2, -0.15) is 13.2 Å². The van der Waals surface area contributed by atoms with Crippen LogP contribution in [0, 0.1) is 5.92 Å². The lowest BCUT2D eigenvalue weighted by atomic mass is 10.0. The molecule has 1 atom stereocenters. The van der Waals surface area contributed by atoms with Crippen LogP contribution < -0.4 is 11.1 Å². The predicted molar refractivity (Wildman–Crippen MR) is 82.3 cm³/mol. The third-order valence-corrected chi connectivity index (χ3v) is 2.96. The summed E-state index contributed by atoms with van der Waals surface area (Å²) in [5.41, 5.74) is 6.08. The fraction of sp³-hybridized carbons (Fsp3) is 0.429. The average molecular weight is 352 g/mol. The highest BCUT2D eigenvalue weighted by Crippen LogP contribution is 2.31. The average Bonchev–Trinajstić information content (AvgIpc) is 2.80. The highest BCUT2D eigenvalue weighted by Gasteiger charge is 2.37. The smallest absolute Gasteiger partial charge is 0.433 e. The topological polar surface area (TPSA) is 81.2 Å². The number of oxazole rings is 1. The van der Waals surface area contributed by atoms with Crippen LogP contribution in [0.5, 0.6) is 0 Å². The lowest BCUT2D eigenvalue weighted by Crippen LogP contribution is -2.36. The number of rotatable bonds is 4. The summed E-state index contributed by atoms with van der Waals surface area (Å²) in [6.07, 6.45) is -4.14. The first-order valence-corrected chi connectivity index (χ1v) is 6.71. The van der Waals surface area contributed by atoms with Gasteiger partial charge >= 0.3 is 12.1 Å². The number of fused-ring (bicyclic) bond motifs is 1. The molecule has 0 saturated heterocycles. The SMILES string of the molecule is CC(C)C[C@H](N)C(=O)Nc1ccc2oc(C(F)(F)F)nc2c1.Cl. The van der Waals surface area contributed by atoms with E-state index in [1.807, 2.05) is 13.8 Å². The molecule has 1 amide bonds. The van der Waals surface area contributed by atoms with Gasteiger partial charge in [-0.15, -0.1) is 12.4 Å². The number of nitrogens with one attached hydrogen (secondary N) is 1. The molecule has 2 aromatic rings. The Bertz CT molecular complexity index is 685. The summed E-state index contributed by atoms with van der Waals surface area (Å²) in [6.45, 7) is 3.88. The van der Waals surface area contributed by atoms with Gasteiger partial charge in [0.1, 0.15) is 5.52 Å². The molecule has 5 nitrogen and oxygen atoms in total. The Labute approximate surface area is 136 Å². The van der Waals surface area contributed by atoms with E-state index in [1.165, 1.54) is 18.2 Å². The Hall–Kier alpha value is -1.80. The molecule has 0 aliphatic rings. The van der Waals surface area contributed by atoms with E-state index < -0.39 is 24.0 Å². The fourth-order valence-electron chi connectivity index (χ4n) is 1.98. The maximum atomic E-state index is 12.5. The number of hydrogen-bond acceptors (Lipinski definition) is 4. The van der Waals surface area contributed by atoms with E-state index in [0.29, 0.717) is 12.1 Å². The number of halogens is 4. The molecule has 1 heterocycles. The minimum absolute atomic E-state index is 0. The maximum Gasteiger partial charge on any atom is 0.468 e. The number of alkyl halides is 3. The second kappa shape index (κ2) is 7.18. The number of benzene rings is 1. The summed E-state index contributed by atoms with van der Waals surface area (Å²) < 4.78 is 42.2. The summed E-state index contributed by atoms with van der Waals surface area (Å²) in [4.78, 5) is 15.3. The molecule has 0 radical (unpaired) electrons. The van der Waals surface area contributed by atoms with Gasteiger partial charge in [-0.05, 0) is 30.5 Å². The van der Waals surface area contributed by atoms with Crippen LogP contribution in [0.15, 0.2) is 22.6 Å². The standard InChI is InChI=1S/C14H16F3N3O2.ClH/c1-7(2)5-9(18)12(21)19-8-3-4-11-10(6-8)20-13(22-11)14(15,16)17;/h3-4,6-7,9H,5,18H2,1-2H3,(H,19,21);1H/t9-;/m0./s1. The second-order valence-corrected chi connectivity index (χ2v) is 5.42. The number of anilines is 1. The Kier molecular flexibility index (Phi) is 6.01.